The van der Waals surface area contributed by atoms with Gasteiger partial charge in [-0.25, -0.2) is 4.98 Å². The molecule has 0 spiro atoms. The maximum absolute atomic E-state index is 10.3. The predicted octanol–water partition coefficient (Wildman–Crippen LogP) is 2.51. The number of nitrogens with zero attached hydrogens (tertiary/aromatic N) is 1. The molecule has 5 heteroatoms. The fourth-order valence-electron chi connectivity index (χ4n) is 0.883. The lowest BCUT2D eigenvalue weighted by Gasteiger charge is -1.84. The molecule has 2 aromatic rings. The van der Waals surface area contributed by atoms with Gasteiger partial charge in [-0.15, -0.1) is 0 Å². The van der Waals surface area contributed by atoms with E-state index in [2.05, 4.69) is 20.9 Å². The van der Waals surface area contributed by atoms with E-state index in [0.29, 0.717) is 22.6 Å². The standard InChI is InChI=1S/C8H4BrNO3/c9-7-2-1-6(13-7)8-10-5(3-11)4-12-8/h1-4H. The molecule has 0 atom stereocenters. The smallest absolute Gasteiger partial charge is 0.263 e. The number of carbonyl (C=O) groups excluding carboxylic acids is 1. The molecule has 66 valence electrons. The summed E-state index contributed by atoms with van der Waals surface area (Å²) in [7, 11) is 0. The third-order valence-electron chi connectivity index (χ3n) is 1.43. The molecule has 0 aliphatic carbocycles. The van der Waals surface area contributed by atoms with Gasteiger partial charge in [0.05, 0.1) is 0 Å². The summed E-state index contributed by atoms with van der Waals surface area (Å²) in [5.41, 5.74) is 0.252. The maximum Gasteiger partial charge on any atom is 0.263 e. The normalized spacial score (nSPS) is 10.2. The van der Waals surface area contributed by atoms with E-state index in [0.717, 1.165) is 0 Å². The minimum absolute atomic E-state index is 0.252. The Labute approximate surface area is 81.7 Å². The van der Waals surface area contributed by atoms with Gasteiger partial charge in [-0.3, -0.25) is 4.79 Å². The lowest BCUT2D eigenvalue weighted by molar-refractivity contribution is 0.111. The number of halogens is 1. The van der Waals surface area contributed by atoms with Gasteiger partial charge in [0.25, 0.3) is 5.89 Å². The quantitative estimate of drug-likeness (QED) is 0.759. The monoisotopic (exact) mass is 241 g/mol. The molecule has 0 aromatic carbocycles. The molecule has 0 saturated carbocycles. The van der Waals surface area contributed by atoms with E-state index in [9.17, 15) is 4.79 Å². The average Bonchev–Trinajstić information content (AvgIpc) is 2.71. The van der Waals surface area contributed by atoms with Crippen LogP contribution in [0.25, 0.3) is 11.7 Å². The molecule has 0 unspecified atom stereocenters. The van der Waals surface area contributed by atoms with Crippen molar-refractivity contribution >= 4 is 22.2 Å². The zero-order chi connectivity index (χ0) is 9.26. The molecule has 2 heterocycles. The van der Waals surface area contributed by atoms with E-state index in [-0.39, 0.29) is 5.69 Å². The molecule has 2 rings (SSSR count). The Kier molecular flexibility index (Phi) is 2.02. The second-order valence-corrected chi connectivity index (χ2v) is 3.08. The second-order valence-electron chi connectivity index (χ2n) is 2.30. The zero-order valence-corrected chi connectivity index (χ0v) is 7.95. The van der Waals surface area contributed by atoms with E-state index in [1.807, 2.05) is 0 Å². The van der Waals surface area contributed by atoms with Crippen molar-refractivity contribution in [2.24, 2.45) is 0 Å². The van der Waals surface area contributed by atoms with Crippen molar-refractivity contribution in [3.63, 3.8) is 0 Å². The predicted molar refractivity (Wildman–Crippen MR) is 47.3 cm³/mol. The van der Waals surface area contributed by atoms with Crippen molar-refractivity contribution in [2.45, 2.75) is 0 Å². The van der Waals surface area contributed by atoms with Crippen molar-refractivity contribution in [2.75, 3.05) is 0 Å². The summed E-state index contributed by atoms with van der Waals surface area (Å²) in [5.74, 6) is 0.785. The Morgan fingerprint density at radius 2 is 2.31 bits per heavy atom. The molecule has 4 nitrogen and oxygen atoms in total. The maximum atomic E-state index is 10.3. The first kappa shape index (κ1) is 8.25. The number of rotatable bonds is 2. The van der Waals surface area contributed by atoms with Gasteiger partial charge in [0.2, 0.25) is 0 Å². The largest absolute Gasteiger partial charge is 0.444 e. The fraction of sp³-hybridized carbons (Fsp3) is 0. The Hall–Kier alpha value is -1.36. The summed E-state index contributed by atoms with van der Waals surface area (Å²) in [5, 5.41) is 0. The van der Waals surface area contributed by atoms with Crippen LogP contribution in [0.4, 0.5) is 0 Å². The van der Waals surface area contributed by atoms with Gasteiger partial charge < -0.3 is 8.83 Å². The lowest BCUT2D eigenvalue weighted by atomic mass is 10.4. The highest BCUT2D eigenvalue weighted by Crippen LogP contribution is 2.23. The third kappa shape index (κ3) is 1.55. The van der Waals surface area contributed by atoms with Crippen molar-refractivity contribution in [1.82, 2.24) is 4.98 Å². The fourth-order valence-corrected chi connectivity index (χ4v) is 1.19. The molecule has 13 heavy (non-hydrogen) atoms. The van der Waals surface area contributed by atoms with Gasteiger partial charge in [-0.05, 0) is 28.1 Å². The molecule has 0 aliphatic rings. The molecule has 0 aliphatic heterocycles. The zero-order valence-electron chi connectivity index (χ0n) is 6.36. The van der Waals surface area contributed by atoms with Crippen LogP contribution in [0.2, 0.25) is 0 Å². The summed E-state index contributed by atoms with van der Waals surface area (Å²) < 4.78 is 10.8. The van der Waals surface area contributed by atoms with Crippen LogP contribution in [-0.4, -0.2) is 11.3 Å². The van der Waals surface area contributed by atoms with Gasteiger partial charge in [-0.1, -0.05) is 0 Å². The average molecular weight is 242 g/mol. The highest BCUT2D eigenvalue weighted by Gasteiger charge is 2.09. The van der Waals surface area contributed by atoms with Crippen molar-refractivity contribution in [3.8, 4) is 11.7 Å². The first-order valence-corrected chi connectivity index (χ1v) is 4.25. The van der Waals surface area contributed by atoms with Crippen LogP contribution >= 0.6 is 15.9 Å². The van der Waals surface area contributed by atoms with E-state index in [4.69, 9.17) is 8.83 Å². The summed E-state index contributed by atoms with van der Waals surface area (Å²) in [6, 6.07) is 3.42. The molecule has 0 saturated heterocycles. The van der Waals surface area contributed by atoms with Gasteiger partial charge in [0.15, 0.2) is 16.7 Å². The first-order valence-electron chi connectivity index (χ1n) is 3.46. The molecule has 0 radical (unpaired) electrons. The SMILES string of the molecule is O=Cc1coc(-c2ccc(Br)o2)n1. The molecule has 0 fully saturated rings. The second kappa shape index (κ2) is 3.18. The number of aromatic nitrogens is 1. The minimum atomic E-state index is 0.252. The number of hydrogen-bond acceptors (Lipinski definition) is 4. The summed E-state index contributed by atoms with van der Waals surface area (Å²) >= 11 is 3.15. The van der Waals surface area contributed by atoms with E-state index < -0.39 is 0 Å². The number of oxazole rings is 1. The van der Waals surface area contributed by atoms with E-state index >= 15 is 0 Å². The molecule has 0 N–H and O–H groups in total. The first-order chi connectivity index (χ1) is 6.29. The third-order valence-corrected chi connectivity index (χ3v) is 1.85. The van der Waals surface area contributed by atoms with Gasteiger partial charge in [0, 0.05) is 0 Å². The van der Waals surface area contributed by atoms with Gasteiger partial charge in [0.1, 0.15) is 12.0 Å². The molecular weight excluding hydrogens is 238 g/mol. The topological polar surface area (TPSA) is 56.2 Å². The van der Waals surface area contributed by atoms with Crippen LogP contribution in [0, 0.1) is 0 Å². The highest BCUT2D eigenvalue weighted by atomic mass is 79.9. The number of carbonyl (C=O) groups is 1. The minimum Gasteiger partial charge on any atom is -0.444 e. The summed E-state index contributed by atoms with van der Waals surface area (Å²) in [4.78, 5) is 14.2. The van der Waals surface area contributed by atoms with Crippen LogP contribution < -0.4 is 0 Å². The van der Waals surface area contributed by atoms with Crippen LogP contribution in [-0.2, 0) is 0 Å². The lowest BCUT2D eigenvalue weighted by Crippen LogP contribution is -1.77. The molecule has 2 aromatic heterocycles. The van der Waals surface area contributed by atoms with Gasteiger partial charge in [-0.2, -0.15) is 0 Å². The van der Waals surface area contributed by atoms with Crippen LogP contribution in [0.5, 0.6) is 0 Å². The number of hydrogen-bond donors (Lipinski definition) is 0. The number of aldehydes is 1. The highest BCUT2D eigenvalue weighted by molar-refractivity contribution is 9.10. The molecular formula is C8H4BrNO3. The number of furan rings is 1. The Morgan fingerprint density at radius 1 is 1.46 bits per heavy atom. The van der Waals surface area contributed by atoms with Crippen molar-refractivity contribution in [1.29, 1.82) is 0 Å². The summed E-state index contributed by atoms with van der Waals surface area (Å²) in [6.45, 7) is 0. The van der Waals surface area contributed by atoms with E-state index in [1.54, 1.807) is 12.1 Å². The summed E-state index contributed by atoms with van der Waals surface area (Å²) in [6.07, 6.45) is 1.89. The molecule has 0 amide bonds. The van der Waals surface area contributed by atoms with Crippen LogP contribution in [0.3, 0.4) is 0 Å². The Bertz CT molecular complexity index is 432. The van der Waals surface area contributed by atoms with Crippen molar-refractivity contribution in [3.05, 3.63) is 28.8 Å². The van der Waals surface area contributed by atoms with Gasteiger partial charge >= 0.3 is 0 Å². The Balaban J connectivity index is 2.40. The Morgan fingerprint density at radius 3 is 2.85 bits per heavy atom. The van der Waals surface area contributed by atoms with Crippen LogP contribution in [0.15, 0.2) is 31.9 Å². The van der Waals surface area contributed by atoms with E-state index in [1.165, 1.54) is 6.26 Å². The van der Waals surface area contributed by atoms with Crippen molar-refractivity contribution < 1.29 is 13.6 Å². The van der Waals surface area contributed by atoms with Crippen LogP contribution in [0.1, 0.15) is 10.5 Å². The molecule has 0 bridgehead atoms.